The van der Waals surface area contributed by atoms with Crippen molar-refractivity contribution in [2.45, 2.75) is 19.3 Å². The van der Waals surface area contributed by atoms with E-state index in [1.165, 1.54) is 22.0 Å². The van der Waals surface area contributed by atoms with Gasteiger partial charge >= 0.3 is 0 Å². The highest BCUT2D eigenvalue weighted by atomic mass is 15.4. The van der Waals surface area contributed by atoms with Gasteiger partial charge in [-0.15, -0.1) is 0 Å². The van der Waals surface area contributed by atoms with Gasteiger partial charge in [-0.2, -0.15) is 19.6 Å². The largest absolute Gasteiger partial charge is 0.252 e. The van der Waals surface area contributed by atoms with Crippen LogP contribution in [-0.4, -0.2) is 49.5 Å². The Hall–Kier alpha value is -3.56. The van der Waals surface area contributed by atoms with Crippen LogP contribution in [0.1, 0.15) is 25.2 Å². The molecule has 0 bridgehead atoms. The van der Waals surface area contributed by atoms with Gasteiger partial charge in [0.1, 0.15) is 25.3 Å². The van der Waals surface area contributed by atoms with Crippen molar-refractivity contribution in [3.05, 3.63) is 61.2 Å². The summed E-state index contributed by atoms with van der Waals surface area (Å²) in [7, 11) is 0. The Morgan fingerprint density at radius 1 is 0.760 bits per heavy atom. The number of nitrogens with zero attached hydrogens (tertiary/aromatic N) is 10. The van der Waals surface area contributed by atoms with Gasteiger partial charge in [-0.25, -0.2) is 29.9 Å². The second kappa shape index (κ2) is 5.82. The van der Waals surface area contributed by atoms with Crippen LogP contribution in [0, 0.1) is 0 Å². The summed E-state index contributed by atoms with van der Waals surface area (Å²) < 4.78 is 3.03. The molecule has 0 fully saturated rings. The molecule has 0 aromatic carbocycles. The highest BCUT2D eigenvalue weighted by molar-refractivity contribution is 5.31. The molecular formula is C15H14N10. The molecule has 0 N–H and O–H groups in total. The number of rotatable bonds is 4. The van der Waals surface area contributed by atoms with Crippen LogP contribution in [0.3, 0.4) is 0 Å². The predicted octanol–water partition coefficient (Wildman–Crippen LogP) is 0.754. The normalized spacial score (nSPS) is 11.6. The number of hydrogen-bond acceptors (Lipinski definition) is 8. The molecule has 0 aliphatic carbocycles. The standard InChI is InChI=1S/C15H14N10/c1-15(2,11-3-5-18-13(22-11)24-9-16-7-20-24)12-4-6-19-14(23-12)25-10-17-8-21-25/h3-10H,1-2H3. The molecule has 4 rings (SSSR count). The first kappa shape index (κ1) is 15.0. The molecule has 0 unspecified atom stereocenters. The zero-order valence-corrected chi connectivity index (χ0v) is 13.6. The quantitative estimate of drug-likeness (QED) is 0.537. The van der Waals surface area contributed by atoms with Crippen LogP contribution in [0.2, 0.25) is 0 Å². The second-order valence-corrected chi connectivity index (χ2v) is 5.79. The SMILES string of the molecule is CC(C)(c1ccnc(-n2cncn2)n1)c1ccnc(-n2cncn2)n1. The average Bonchev–Trinajstić information content (AvgIpc) is 3.36. The molecule has 4 aromatic rings. The minimum Gasteiger partial charge on any atom is -0.223 e. The van der Waals surface area contributed by atoms with E-state index >= 15 is 0 Å². The lowest BCUT2D eigenvalue weighted by Crippen LogP contribution is -2.24. The fourth-order valence-corrected chi connectivity index (χ4v) is 2.37. The van der Waals surface area contributed by atoms with Crippen molar-refractivity contribution in [2.75, 3.05) is 0 Å². The van der Waals surface area contributed by atoms with E-state index in [0.29, 0.717) is 11.9 Å². The minimum atomic E-state index is -0.476. The fourth-order valence-electron chi connectivity index (χ4n) is 2.37. The van der Waals surface area contributed by atoms with Crippen LogP contribution in [0.4, 0.5) is 0 Å². The van der Waals surface area contributed by atoms with Crippen LogP contribution >= 0.6 is 0 Å². The van der Waals surface area contributed by atoms with Gasteiger partial charge in [-0.05, 0) is 26.0 Å². The summed E-state index contributed by atoms with van der Waals surface area (Å²) in [5.41, 5.74) is 1.13. The summed E-state index contributed by atoms with van der Waals surface area (Å²) in [6.45, 7) is 4.07. The Labute approximate surface area is 142 Å². The van der Waals surface area contributed by atoms with Crippen molar-refractivity contribution in [2.24, 2.45) is 0 Å². The third kappa shape index (κ3) is 2.73. The monoisotopic (exact) mass is 334 g/mol. The first-order chi connectivity index (χ1) is 12.1. The van der Waals surface area contributed by atoms with Crippen LogP contribution in [0.25, 0.3) is 11.9 Å². The Morgan fingerprint density at radius 3 is 1.64 bits per heavy atom. The van der Waals surface area contributed by atoms with Gasteiger partial charge in [-0.1, -0.05) is 0 Å². The van der Waals surface area contributed by atoms with Crippen LogP contribution < -0.4 is 0 Å². The smallest absolute Gasteiger partial charge is 0.223 e. The van der Waals surface area contributed by atoms with Crippen LogP contribution in [0.15, 0.2) is 49.8 Å². The maximum absolute atomic E-state index is 4.61. The summed E-state index contributed by atoms with van der Waals surface area (Å²) in [5.74, 6) is 0.905. The van der Waals surface area contributed by atoms with Crippen LogP contribution in [-0.2, 0) is 5.41 Å². The zero-order chi connectivity index (χ0) is 17.3. The van der Waals surface area contributed by atoms with Crippen molar-refractivity contribution >= 4 is 0 Å². The maximum atomic E-state index is 4.61. The molecule has 0 aliphatic heterocycles. The molecule has 10 heteroatoms. The van der Waals surface area contributed by atoms with E-state index in [4.69, 9.17) is 0 Å². The molecule has 0 radical (unpaired) electrons. The van der Waals surface area contributed by atoms with Gasteiger partial charge in [0.15, 0.2) is 0 Å². The predicted molar refractivity (Wildman–Crippen MR) is 86.0 cm³/mol. The summed E-state index contributed by atoms with van der Waals surface area (Å²) >= 11 is 0. The van der Waals surface area contributed by atoms with E-state index < -0.39 is 5.41 Å². The molecule has 0 saturated carbocycles. The Balaban J connectivity index is 1.75. The van der Waals surface area contributed by atoms with E-state index in [1.807, 2.05) is 26.0 Å². The van der Waals surface area contributed by atoms with E-state index in [0.717, 1.165) is 11.4 Å². The Kier molecular flexibility index (Phi) is 3.49. The highest BCUT2D eigenvalue weighted by Gasteiger charge is 2.28. The fraction of sp³-hybridized carbons (Fsp3) is 0.200. The average molecular weight is 334 g/mol. The molecule has 124 valence electrons. The molecular weight excluding hydrogens is 320 g/mol. The van der Waals surface area contributed by atoms with Gasteiger partial charge in [0.05, 0.1) is 11.4 Å². The van der Waals surface area contributed by atoms with E-state index in [1.54, 1.807) is 25.0 Å². The molecule has 0 spiro atoms. The third-order valence-electron chi connectivity index (χ3n) is 3.81. The van der Waals surface area contributed by atoms with Gasteiger partial charge in [-0.3, -0.25) is 0 Å². The van der Waals surface area contributed by atoms with Crippen molar-refractivity contribution in [3.63, 3.8) is 0 Å². The van der Waals surface area contributed by atoms with Gasteiger partial charge < -0.3 is 0 Å². The summed E-state index contributed by atoms with van der Waals surface area (Å²) in [6.07, 6.45) is 9.38. The number of hydrogen-bond donors (Lipinski definition) is 0. The third-order valence-corrected chi connectivity index (χ3v) is 3.81. The van der Waals surface area contributed by atoms with Crippen molar-refractivity contribution in [1.29, 1.82) is 0 Å². The molecule has 25 heavy (non-hydrogen) atoms. The molecule has 0 aliphatic rings. The maximum Gasteiger partial charge on any atom is 0.252 e. The first-order valence-electron chi connectivity index (χ1n) is 7.51. The van der Waals surface area contributed by atoms with Gasteiger partial charge in [0.25, 0.3) is 11.9 Å². The van der Waals surface area contributed by atoms with E-state index in [2.05, 4.69) is 40.1 Å². The van der Waals surface area contributed by atoms with E-state index in [9.17, 15) is 0 Å². The molecule has 0 atom stereocenters. The van der Waals surface area contributed by atoms with Crippen molar-refractivity contribution < 1.29 is 0 Å². The molecule has 4 heterocycles. The van der Waals surface area contributed by atoms with Crippen molar-refractivity contribution in [3.8, 4) is 11.9 Å². The molecule has 10 nitrogen and oxygen atoms in total. The minimum absolute atomic E-state index is 0.452. The van der Waals surface area contributed by atoms with Crippen molar-refractivity contribution in [1.82, 2.24) is 49.5 Å². The Morgan fingerprint density at radius 2 is 1.24 bits per heavy atom. The van der Waals surface area contributed by atoms with Crippen LogP contribution in [0.5, 0.6) is 0 Å². The van der Waals surface area contributed by atoms with Gasteiger partial charge in [0.2, 0.25) is 0 Å². The van der Waals surface area contributed by atoms with Gasteiger partial charge in [0, 0.05) is 17.8 Å². The number of aromatic nitrogens is 10. The zero-order valence-electron chi connectivity index (χ0n) is 13.6. The van der Waals surface area contributed by atoms with E-state index in [-0.39, 0.29) is 0 Å². The molecule has 0 amide bonds. The molecule has 4 aromatic heterocycles. The topological polar surface area (TPSA) is 113 Å². The first-order valence-corrected chi connectivity index (χ1v) is 7.51. The lowest BCUT2D eigenvalue weighted by atomic mass is 9.85. The summed E-state index contributed by atoms with van der Waals surface area (Å²) in [6, 6.07) is 3.72. The summed E-state index contributed by atoms with van der Waals surface area (Å²) in [4.78, 5) is 25.6. The lowest BCUT2D eigenvalue weighted by molar-refractivity contribution is 0.581. The molecule has 0 saturated heterocycles. The second-order valence-electron chi connectivity index (χ2n) is 5.79. The lowest BCUT2D eigenvalue weighted by Gasteiger charge is -2.23. The highest BCUT2D eigenvalue weighted by Crippen LogP contribution is 2.28. The Bertz CT molecular complexity index is 895. The summed E-state index contributed by atoms with van der Waals surface area (Å²) in [5, 5.41) is 8.13.